The van der Waals surface area contributed by atoms with Crippen LogP contribution in [0.1, 0.15) is 53.9 Å². The zero-order valence-corrected chi connectivity index (χ0v) is 15.8. The Morgan fingerprint density at radius 3 is 2.52 bits per heavy atom. The maximum absolute atomic E-state index is 12.6. The highest BCUT2D eigenvalue weighted by Gasteiger charge is 2.67. The summed E-state index contributed by atoms with van der Waals surface area (Å²) >= 11 is 0. The van der Waals surface area contributed by atoms with E-state index in [2.05, 4.69) is 19.9 Å². The SMILES string of the molecule is CC1=C2C(O)C(=O)OC3CC4C(C)(C)C(=O)C=C[C@]4(C)C(CC1)[C@@]23C. The van der Waals surface area contributed by atoms with E-state index in [1.54, 1.807) is 6.08 Å². The second kappa shape index (κ2) is 4.85. The molecule has 1 N–H and O–H groups in total. The van der Waals surface area contributed by atoms with Crippen molar-refractivity contribution >= 4 is 11.8 Å². The lowest BCUT2D eigenvalue weighted by Crippen LogP contribution is -2.66. The Morgan fingerprint density at radius 1 is 1.16 bits per heavy atom. The van der Waals surface area contributed by atoms with Gasteiger partial charge < -0.3 is 9.84 Å². The van der Waals surface area contributed by atoms with Crippen LogP contribution in [-0.2, 0) is 14.3 Å². The quantitative estimate of drug-likeness (QED) is 0.541. The fourth-order valence-electron chi connectivity index (χ4n) is 6.72. The van der Waals surface area contributed by atoms with Crippen molar-refractivity contribution in [2.75, 3.05) is 0 Å². The van der Waals surface area contributed by atoms with Crippen molar-refractivity contribution in [3.63, 3.8) is 0 Å². The Kier molecular flexibility index (Phi) is 3.30. The number of allylic oxidation sites excluding steroid dienone is 3. The Balaban J connectivity index is 1.93. The average Bonchev–Trinajstić information content (AvgIpc) is 2.52. The maximum Gasteiger partial charge on any atom is 0.339 e. The molecule has 136 valence electrons. The van der Waals surface area contributed by atoms with E-state index in [1.165, 1.54) is 0 Å². The van der Waals surface area contributed by atoms with Gasteiger partial charge in [-0.15, -0.1) is 0 Å². The molecule has 4 heteroatoms. The van der Waals surface area contributed by atoms with E-state index in [0.29, 0.717) is 6.42 Å². The lowest BCUT2D eigenvalue weighted by atomic mass is 9.40. The number of hydrogen-bond donors (Lipinski definition) is 1. The van der Waals surface area contributed by atoms with E-state index in [-0.39, 0.29) is 34.6 Å². The molecule has 4 aliphatic rings. The molecule has 0 aromatic rings. The number of fused-ring (bicyclic) bond motifs is 2. The minimum atomic E-state index is -1.15. The van der Waals surface area contributed by atoms with Crippen molar-refractivity contribution in [1.29, 1.82) is 0 Å². The molecular formula is C21H28O4. The molecule has 3 aliphatic carbocycles. The van der Waals surface area contributed by atoms with E-state index < -0.39 is 17.5 Å². The fraction of sp³-hybridized carbons (Fsp3) is 0.714. The molecule has 0 radical (unpaired) electrons. The summed E-state index contributed by atoms with van der Waals surface area (Å²) in [5.41, 5.74) is 1.04. The smallest absolute Gasteiger partial charge is 0.339 e. The zero-order valence-electron chi connectivity index (χ0n) is 15.8. The molecule has 6 atom stereocenters. The predicted octanol–water partition coefficient (Wildman–Crippen LogP) is 3.20. The molecule has 1 heterocycles. The van der Waals surface area contributed by atoms with Crippen LogP contribution in [0.4, 0.5) is 0 Å². The van der Waals surface area contributed by atoms with Gasteiger partial charge in [0.1, 0.15) is 6.10 Å². The molecule has 0 aromatic heterocycles. The van der Waals surface area contributed by atoms with Crippen molar-refractivity contribution in [2.24, 2.45) is 28.1 Å². The molecule has 2 fully saturated rings. The molecule has 4 rings (SSSR count). The number of aliphatic hydroxyl groups is 1. The summed E-state index contributed by atoms with van der Waals surface area (Å²) in [6.45, 7) is 10.5. The summed E-state index contributed by atoms with van der Waals surface area (Å²) in [5.74, 6) is -0.00262. The van der Waals surface area contributed by atoms with E-state index >= 15 is 0 Å². The number of esters is 1. The van der Waals surface area contributed by atoms with E-state index in [0.717, 1.165) is 24.0 Å². The summed E-state index contributed by atoms with van der Waals surface area (Å²) < 4.78 is 5.75. The third-order valence-corrected chi connectivity index (χ3v) is 8.05. The number of carbonyl (C=O) groups is 2. The third kappa shape index (κ3) is 1.87. The minimum absolute atomic E-state index is 0.128. The van der Waals surface area contributed by atoms with Crippen LogP contribution in [0, 0.1) is 28.1 Å². The number of carbonyl (C=O) groups excluding carboxylic acids is 2. The number of ketones is 1. The first-order valence-electron chi connectivity index (χ1n) is 9.37. The molecule has 0 amide bonds. The highest BCUT2D eigenvalue weighted by molar-refractivity contribution is 5.96. The Labute approximate surface area is 149 Å². The summed E-state index contributed by atoms with van der Waals surface area (Å²) in [6, 6.07) is 0. The van der Waals surface area contributed by atoms with Gasteiger partial charge in [-0.1, -0.05) is 39.3 Å². The van der Waals surface area contributed by atoms with Crippen LogP contribution in [0.15, 0.2) is 23.3 Å². The normalized spacial score (nSPS) is 47.9. The molecule has 0 spiro atoms. The predicted molar refractivity (Wildman–Crippen MR) is 93.6 cm³/mol. The molecule has 1 aliphatic heterocycles. The second-order valence-corrected chi connectivity index (χ2v) is 9.47. The standard InChI is InChI=1S/C21H28O4/c1-11-6-7-12-20(4)9-8-14(22)19(2,3)13(20)10-15-21(12,5)16(11)17(23)18(24)25-15/h8-9,12-13,15,17,23H,6-7,10H2,1-5H3/t12?,13?,15?,17?,20-,21-/m1/s1. The third-order valence-electron chi connectivity index (χ3n) is 8.05. The van der Waals surface area contributed by atoms with Gasteiger partial charge in [0.05, 0.1) is 0 Å². The first-order valence-corrected chi connectivity index (χ1v) is 9.37. The Morgan fingerprint density at radius 2 is 1.84 bits per heavy atom. The topological polar surface area (TPSA) is 63.6 Å². The molecular weight excluding hydrogens is 316 g/mol. The lowest BCUT2D eigenvalue weighted by molar-refractivity contribution is -0.204. The molecule has 1 saturated heterocycles. The molecule has 4 unspecified atom stereocenters. The van der Waals surface area contributed by atoms with Crippen LogP contribution < -0.4 is 0 Å². The number of rotatable bonds is 0. The number of aliphatic hydroxyl groups excluding tert-OH is 1. The van der Waals surface area contributed by atoms with Crippen LogP contribution in [0.3, 0.4) is 0 Å². The Hall–Kier alpha value is -1.42. The molecule has 0 bridgehead atoms. The monoisotopic (exact) mass is 344 g/mol. The van der Waals surface area contributed by atoms with Gasteiger partial charge in [-0.25, -0.2) is 4.79 Å². The minimum Gasteiger partial charge on any atom is -0.459 e. The van der Waals surface area contributed by atoms with Gasteiger partial charge in [-0.05, 0) is 55.1 Å². The summed E-state index contributed by atoms with van der Waals surface area (Å²) in [7, 11) is 0. The van der Waals surface area contributed by atoms with Gasteiger partial charge in [-0.2, -0.15) is 0 Å². The van der Waals surface area contributed by atoms with Crippen LogP contribution in [0.5, 0.6) is 0 Å². The van der Waals surface area contributed by atoms with Crippen LogP contribution in [0.2, 0.25) is 0 Å². The highest BCUT2D eigenvalue weighted by atomic mass is 16.6. The first-order chi connectivity index (χ1) is 11.5. The van der Waals surface area contributed by atoms with Gasteiger partial charge in [0.2, 0.25) is 0 Å². The van der Waals surface area contributed by atoms with Gasteiger partial charge in [0, 0.05) is 10.8 Å². The fourth-order valence-corrected chi connectivity index (χ4v) is 6.72. The maximum atomic E-state index is 12.6. The summed E-state index contributed by atoms with van der Waals surface area (Å²) in [4.78, 5) is 24.9. The van der Waals surface area contributed by atoms with Crippen molar-refractivity contribution in [3.8, 4) is 0 Å². The Bertz CT molecular complexity index is 730. The summed E-state index contributed by atoms with van der Waals surface area (Å²) in [5, 5.41) is 10.6. The lowest BCUT2D eigenvalue weighted by Gasteiger charge is -2.65. The molecule has 4 nitrogen and oxygen atoms in total. The average molecular weight is 344 g/mol. The number of ether oxygens (including phenoxy) is 1. The largest absolute Gasteiger partial charge is 0.459 e. The molecule has 0 aromatic carbocycles. The van der Waals surface area contributed by atoms with Crippen molar-refractivity contribution < 1.29 is 19.4 Å². The van der Waals surface area contributed by atoms with E-state index in [4.69, 9.17) is 4.74 Å². The zero-order chi connectivity index (χ0) is 18.4. The first kappa shape index (κ1) is 17.0. The van der Waals surface area contributed by atoms with Crippen LogP contribution in [0.25, 0.3) is 0 Å². The highest BCUT2D eigenvalue weighted by Crippen LogP contribution is 2.68. The van der Waals surface area contributed by atoms with Crippen LogP contribution in [-0.4, -0.2) is 29.1 Å². The summed E-state index contributed by atoms with van der Waals surface area (Å²) in [6.07, 6.45) is 5.00. The van der Waals surface area contributed by atoms with Crippen LogP contribution >= 0.6 is 0 Å². The van der Waals surface area contributed by atoms with Gasteiger partial charge in [0.25, 0.3) is 0 Å². The van der Waals surface area contributed by atoms with E-state index in [9.17, 15) is 14.7 Å². The van der Waals surface area contributed by atoms with Crippen molar-refractivity contribution in [3.05, 3.63) is 23.3 Å². The van der Waals surface area contributed by atoms with Gasteiger partial charge >= 0.3 is 5.97 Å². The van der Waals surface area contributed by atoms with Crippen molar-refractivity contribution in [1.82, 2.24) is 0 Å². The second-order valence-electron chi connectivity index (χ2n) is 9.47. The molecule has 1 saturated carbocycles. The van der Waals surface area contributed by atoms with E-state index in [1.807, 2.05) is 20.8 Å². The van der Waals surface area contributed by atoms with Crippen molar-refractivity contribution in [2.45, 2.75) is 66.1 Å². The van der Waals surface area contributed by atoms with Gasteiger partial charge in [-0.3, -0.25) is 4.79 Å². The number of hydrogen-bond acceptors (Lipinski definition) is 4. The van der Waals surface area contributed by atoms with Gasteiger partial charge in [0.15, 0.2) is 11.9 Å². The molecule has 25 heavy (non-hydrogen) atoms.